The Morgan fingerprint density at radius 1 is 1.26 bits per heavy atom. The van der Waals surface area contributed by atoms with Gasteiger partial charge < -0.3 is 20.3 Å². The molecule has 1 aliphatic rings. The molecule has 2 N–H and O–H groups in total. The summed E-state index contributed by atoms with van der Waals surface area (Å²) in [4.78, 5) is 49.1. The molecule has 3 aromatic rings. The number of anilines is 2. The third-order valence-electron chi connectivity index (χ3n) is 5.76. The van der Waals surface area contributed by atoms with E-state index in [4.69, 9.17) is 4.74 Å². The normalized spacial score (nSPS) is 15.7. The van der Waals surface area contributed by atoms with Crippen LogP contribution in [0.4, 0.5) is 10.8 Å². The zero-order chi connectivity index (χ0) is 24.8. The molecule has 3 heterocycles. The summed E-state index contributed by atoms with van der Waals surface area (Å²) in [6.07, 6.45) is 3.96. The molecule has 2 aromatic heterocycles. The van der Waals surface area contributed by atoms with Crippen molar-refractivity contribution in [2.75, 3.05) is 36.5 Å². The van der Waals surface area contributed by atoms with Crippen molar-refractivity contribution in [3.63, 3.8) is 0 Å². The number of fused-ring (bicyclic) bond motifs is 1. The van der Waals surface area contributed by atoms with E-state index in [-0.39, 0.29) is 29.8 Å². The van der Waals surface area contributed by atoms with Crippen LogP contribution >= 0.6 is 11.3 Å². The number of carbonyl (C=O) groups is 2. The van der Waals surface area contributed by atoms with Crippen LogP contribution in [0.3, 0.4) is 0 Å². The number of amides is 2. The van der Waals surface area contributed by atoms with Gasteiger partial charge in [0.1, 0.15) is 23.3 Å². The van der Waals surface area contributed by atoms with E-state index in [0.717, 1.165) is 25.8 Å². The van der Waals surface area contributed by atoms with Crippen molar-refractivity contribution in [3.05, 3.63) is 40.9 Å². The van der Waals surface area contributed by atoms with E-state index >= 15 is 0 Å². The number of benzene rings is 1. The molecule has 1 fully saturated rings. The van der Waals surface area contributed by atoms with Gasteiger partial charge in [0.2, 0.25) is 11.8 Å². The Morgan fingerprint density at radius 2 is 2.09 bits per heavy atom. The smallest absolute Gasteiger partial charge is 0.273 e. The Bertz CT molecular complexity index is 1260. The van der Waals surface area contributed by atoms with Crippen molar-refractivity contribution in [2.45, 2.75) is 39.7 Å². The highest BCUT2D eigenvalue weighted by Crippen LogP contribution is 2.29. The van der Waals surface area contributed by atoms with Gasteiger partial charge in [-0.05, 0) is 38.3 Å². The van der Waals surface area contributed by atoms with E-state index in [1.54, 1.807) is 18.2 Å². The van der Waals surface area contributed by atoms with E-state index in [1.807, 2.05) is 24.8 Å². The van der Waals surface area contributed by atoms with Gasteiger partial charge in [0, 0.05) is 19.6 Å². The van der Waals surface area contributed by atoms with Crippen LogP contribution in [-0.4, -0.2) is 52.6 Å². The average molecular weight is 499 g/mol. The summed E-state index contributed by atoms with van der Waals surface area (Å²) < 4.78 is 7.21. The third kappa shape index (κ3) is 5.79. The summed E-state index contributed by atoms with van der Waals surface area (Å²) in [5.74, 6) is 0.173. The fourth-order valence-corrected chi connectivity index (χ4v) is 5.04. The van der Waals surface area contributed by atoms with Crippen LogP contribution < -0.4 is 25.8 Å². The highest BCUT2D eigenvalue weighted by Gasteiger charge is 2.28. The maximum absolute atomic E-state index is 13.1. The van der Waals surface area contributed by atoms with E-state index in [0.29, 0.717) is 46.6 Å². The Morgan fingerprint density at radius 3 is 2.89 bits per heavy atom. The number of piperidine rings is 1. The van der Waals surface area contributed by atoms with Crippen LogP contribution in [0.1, 0.15) is 33.1 Å². The van der Waals surface area contributed by atoms with Crippen molar-refractivity contribution in [2.24, 2.45) is 5.92 Å². The molecule has 1 aromatic carbocycles. The van der Waals surface area contributed by atoms with Gasteiger partial charge in [-0.25, -0.2) is 4.98 Å². The van der Waals surface area contributed by atoms with Crippen molar-refractivity contribution in [1.82, 2.24) is 19.9 Å². The molecule has 0 aliphatic carbocycles. The minimum absolute atomic E-state index is 0.0649. The average Bonchev–Trinajstić information content (AvgIpc) is 3.31. The zero-order valence-electron chi connectivity index (χ0n) is 20.0. The van der Waals surface area contributed by atoms with Crippen LogP contribution in [0.2, 0.25) is 0 Å². The highest BCUT2D eigenvalue weighted by atomic mass is 32.1. The largest absolute Gasteiger partial charge is 0.492 e. The Kier molecular flexibility index (Phi) is 7.96. The number of nitrogens with zero attached hydrogens (tertiary/aromatic N) is 4. The van der Waals surface area contributed by atoms with Gasteiger partial charge in [-0.15, -0.1) is 0 Å². The van der Waals surface area contributed by atoms with Gasteiger partial charge in [0.05, 0.1) is 18.2 Å². The second-order valence-electron chi connectivity index (χ2n) is 8.38. The molecular weight excluding hydrogens is 468 g/mol. The first kappa shape index (κ1) is 24.6. The summed E-state index contributed by atoms with van der Waals surface area (Å²) in [5, 5.41) is 6.44. The first-order valence-electron chi connectivity index (χ1n) is 11.9. The first-order valence-corrected chi connectivity index (χ1v) is 12.7. The number of nitrogens with one attached hydrogen (secondary N) is 2. The van der Waals surface area contributed by atoms with Gasteiger partial charge in [-0.3, -0.25) is 19.0 Å². The molecule has 11 heteroatoms. The predicted molar refractivity (Wildman–Crippen MR) is 136 cm³/mol. The van der Waals surface area contributed by atoms with Crippen molar-refractivity contribution in [3.8, 4) is 5.75 Å². The van der Waals surface area contributed by atoms with E-state index in [1.165, 1.54) is 22.2 Å². The van der Waals surface area contributed by atoms with E-state index < -0.39 is 0 Å². The Hall–Kier alpha value is -3.47. The standard InChI is InChI=1S/C24H30N6O4S/c1-3-11-25-22(32)16-8-7-12-29(13-16)24-28-21-20(35-24)23(33)30(15-26-21)14-19(31)27-17-9-5-6-10-18(17)34-4-2/h5-6,9-10,15-16H,3-4,7-8,11-14H2,1-2H3,(H,25,32)(H,27,31)/t16-/m0/s1. The SMILES string of the molecule is CCCNC(=O)[C@H]1CCCN(c2nc3ncn(CC(=O)Nc4ccccc4OCC)c(=O)c3s2)C1. The molecule has 0 radical (unpaired) electrons. The van der Waals surface area contributed by atoms with Gasteiger partial charge in [0.15, 0.2) is 10.8 Å². The lowest BCUT2D eigenvalue weighted by atomic mass is 9.97. The number of thiazole rings is 1. The molecular formula is C24H30N6O4S. The molecule has 4 rings (SSSR count). The Balaban J connectivity index is 1.48. The lowest BCUT2D eigenvalue weighted by Gasteiger charge is -2.31. The third-order valence-corrected chi connectivity index (χ3v) is 6.85. The molecule has 0 unspecified atom stereocenters. The maximum atomic E-state index is 13.1. The number of carbonyl (C=O) groups excluding carboxylic acids is 2. The monoisotopic (exact) mass is 498 g/mol. The highest BCUT2D eigenvalue weighted by molar-refractivity contribution is 7.22. The molecule has 0 spiro atoms. The second kappa shape index (κ2) is 11.3. The molecule has 0 saturated carbocycles. The minimum atomic E-state index is -0.359. The lowest BCUT2D eigenvalue weighted by molar-refractivity contribution is -0.125. The fraction of sp³-hybridized carbons (Fsp3) is 0.458. The van der Waals surface area contributed by atoms with Gasteiger partial charge in [0.25, 0.3) is 5.56 Å². The molecule has 10 nitrogen and oxygen atoms in total. The molecule has 1 atom stereocenters. The summed E-state index contributed by atoms with van der Waals surface area (Å²) >= 11 is 1.25. The minimum Gasteiger partial charge on any atom is -0.492 e. The van der Waals surface area contributed by atoms with Crippen molar-refractivity contribution < 1.29 is 14.3 Å². The van der Waals surface area contributed by atoms with Crippen molar-refractivity contribution in [1.29, 1.82) is 0 Å². The summed E-state index contributed by atoms with van der Waals surface area (Å²) in [6.45, 7) is 6.19. The summed E-state index contributed by atoms with van der Waals surface area (Å²) in [7, 11) is 0. The summed E-state index contributed by atoms with van der Waals surface area (Å²) in [6, 6.07) is 7.15. The number of para-hydroxylation sites is 2. The number of aromatic nitrogens is 3. The summed E-state index contributed by atoms with van der Waals surface area (Å²) in [5.41, 5.74) is 0.580. The van der Waals surface area contributed by atoms with Crippen LogP contribution in [0.25, 0.3) is 10.3 Å². The maximum Gasteiger partial charge on any atom is 0.273 e. The number of hydrogen-bond acceptors (Lipinski definition) is 8. The number of ether oxygens (including phenoxy) is 1. The second-order valence-corrected chi connectivity index (χ2v) is 9.36. The van der Waals surface area contributed by atoms with Crippen LogP contribution in [0.5, 0.6) is 5.75 Å². The van der Waals surface area contributed by atoms with E-state index in [9.17, 15) is 14.4 Å². The Labute approximate surface area is 207 Å². The molecule has 0 bridgehead atoms. The van der Waals surface area contributed by atoms with E-state index in [2.05, 4.69) is 20.6 Å². The first-order chi connectivity index (χ1) is 17.0. The van der Waals surface area contributed by atoms with Crippen LogP contribution in [0.15, 0.2) is 35.4 Å². The predicted octanol–water partition coefficient (Wildman–Crippen LogP) is 2.63. The lowest BCUT2D eigenvalue weighted by Crippen LogP contribution is -2.43. The molecule has 2 amide bonds. The van der Waals surface area contributed by atoms with Gasteiger partial charge in [-0.2, -0.15) is 4.98 Å². The number of hydrogen-bond donors (Lipinski definition) is 2. The quantitative estimate of drug-likeness (QED) is 0.466. The van der Waals surface area contributed by atoms with Crippen molar-refractivity contribution >= 4 is 44.3 Å². The zero-order valence-corrected chi connectivity index (χ0v) is 20.8. The fourth-order valence-electron chi connectivity index (χ4n) is 4.04. The van der Waals surface area contributed by atoms with Gasteiger partial charge in [-0.1, -0.05) is 30.4 Å². The van der Waals surface area contributed by atoms with Crippen LogP contribution in [0, 0.1) is 5.92 Å². The molecule has 186 valence electrons. The molecule has 35 heavy (non-hydrogen) atoms. The topological polar surface area (TPSA) is 118 Å². The molecule has 1 saturated heterocycles. The van der Waals surface area contributed by atoms with Crippen LogP contribution in [-0.2, 0) is 16.1 Å². The molecule has 1 aliphatic heterocycles. The number of rotatable bonds is 9. The van der Waals surface area contributed by atoms with Gasteiger partial charge >= 0.3 is 0 Å².